The lowest BCUT2D eigenvalue weighted by molar-refractivity contribution is 0.0627. The van der Waals surface area contributed by atoms with Crippen molar-refractivity contribution >= 4 is 11.7 Å². The maximum absolute atomic E-state index is 12.5. The minimum Gasteiger partial charge on any atom is -0.383 e. The molecule has 6 heteroatoms. The van der Waals surface area contributed by atoms with Crippen LogP contribution in [-0.2, 0) is 9.47 Å². The number of ether oxygens (including phenoxy) is 2. The molecule has 1 aromatic heterocycles. The highest BCUT2D eigenvalue weighted by atomic mass is 16.5. The molecule has 0 atom stereocenters. The third kappa shape index (κ3) is 6.10. The lowest BCUT2D eigenvalue weighted by Gasteiger charge is -2.22. The predicted molar refractivity (Wildman–Crippen MR) is 82.7 cm³/mol. The Kier molecular flexibility index (Phi) is 8.38. The Hall–Kier alpha value is -1.66. The van der Waals surface area contributed by atoms with E-state index in [9.17, 15) is 4.79 Å². The minimum absolute atomic E-state index is 0.0361. The molecule has 1 heterocycles. The number of hydrogen-bond acceptors (Lipinski definition) is 5. The van der Waals surface area contributed by atoms with Gasteiger partial charge in [-0.05, 0) is 18.6 Å². The first kappa shape index (κ1) is 17.4. The highest BCUT2D eigenvalue weighted by molar-refractivity contribution is 5.94. The second-order valence-corrected chi connectivity index (χ2v) is 4.63. The molecular weight excluding hydrogens is 270 g/mol. The molecule has 0 saturated heterocycles. The Labute approximate surface area is 126 Å². The van der Waals surface area contributed by atoms with Crippen LogP contribution in [0.5, 0.6) is 0 Å². The van der Waals surface area contributed by atoms with Crippen molar-refractivity contribution < 1.29 is 14.3 Å². The molecule has 0 saturated carbocycles. The Morgan fingerprint density at radius 2 is 1.95 bits per heavy atom. The zero-order chi connectivity index (χ0) is 15.5. The number of aromatic nitrogens is 1. The van der Waals surface area contributed by atoms with Crippen LogP contribution < -0.4 is 5.32 Å². The number of nitrogens with zero attached hydrogens (tertiary/aromatic N) is 2. The third-order valence-corrected chi connectivity index (χ3v) is 2.98. The summed E-state index contributed by atoms with van der Waals surface area (Å²) in [5.74, 6) is 0.687. The average molecular weight is 295 g/mol. The van der Waals surface area contributed by atoms with Crippen molar-refractivity contribution in [3.63, 3.8) is 0 Å². The molecule has 0 fully saturated rings. The third-order valence-electron chi connectivity index (χ3n) is 2.98. The van der Waals surface area contributed by atoms with Crippen LogP contribution in [0.1, 0.15) is 23.7 Å². The number of amides is 1. The number of pyridine rings is 1. The summed E-state index contributed by atoms with van der Waals surface area (Å²) >= 11 is 0. The Morgan fingerprint density at radius 1 is 1.29 bits per heavy atom. The molecule has 0 unspecified atom stereocenters. The summed E-state index contributed by atoms with van der Waals surface area (Å²) in [7, 11) is 3.25. The van der Waals surface area contributed by atoms with E-state index < -0.39 is 0 Å². The number of anilines is 1. The summed E-state index contributed by atoms with van der Waals surface area (Å²) in [4.78, 5) is 18.5. The molecule has 1 aromatic rings. The fraction of sp³-hybridized carbons (Fsp3) is 0.600. The molecule has 118 valence electrons. The van der Waals surface area contributed by atoms with Gasteiger partial charge in [-0.2, -0.15) is 0 Å². The van der Waals surface area contributed by atoms with Gasteiger partial charge in [0.2, 0.25) is 0 Å². The molecular formula is C15H25N3O3. The molecule has 21 heavy (non-hydrogen) atoms. The van der Waals surface area contributed by atoms with Gasteiger partial charge in [0, 0.05) is 45.6 Å². The molecule has 0 aliphatic carbocycles. The van der Waals surface area contributed by atoms with Crippen LogP contribution in [-0.4, -0.2) is 62.9 Å². The Balaban J connectivity index is 2.76. The highest BCUT2D eigenvalue weighted by Gasteiger charge is 2.15. The Bertz CT molecular complexity index is 418. The van der Waals surface area contributed by atoms with E-state index in [4.69, 9.17) is 9.47 Å². The van der Waals surface area contributed by atoms with E-state index in [1.807, 2.05) is 0 Å². The summed E-state index contributed by atoms with van der Waals surface area (Å²) < 4.78 is 10.1. The smallest absolute Gasteiger partial charge is 0.254 e. The first-order valence-corrected chi connectivity index (χ1v) is 7.20. The van der Waals surface area contributed by atoms with Gasteiger partial charge in [0.15, 0.2) is 0 Å². The van der Waals surface area contributed by atoms with Crippen LogP contribution in [0.25, 0.3) is 0 Å². The molecule has 0 aliphatic rings. The van der Waals surface area contributed by atoms with Gasteiger partial charge in [-0.15, -0.1) is 0 Å². The largest absolute Gasteiger partial charge is 0.383 e. The van der Waals surface area contributed by atoms with Crippen molar-refractivity contribution in [3.8, 4) is 0 Å². The lowest BCUT2D eigenvalue weighted by Crippen LogP contribution is -2.36. The normalized spacial score (nSPS) is 10.4. The van der Waals surface area contributed by atoms with Gasteiger partial charge >= 0.3 is 0 Å². The van der Waals surface area contributed by atoms with Gasteiger partial charge in [-0.25, -0.2) is 4.98 Å². The van der Waals surface area contributed by atoms with Gasteiger partial charge in [-0.1, -0.05) is 6.92 Å². The number of nitrogens with one attached hydrogen (secondary N) is 1. The minimum atomic E-state index is -0.0361. The molecule has 0 spiro atoms. The molecule has 0 aliphatic heterocycles. The SMILES string of the molecule is CCCNc1cc(C(=O)N(CCOC)CCOC)ccn1. The van der Waals surface area contributed by atoms with Crippen molar-refractivity contribution in [2.45, 2.75) is 13.3 Å². The number of carbonyl (C=O) groups is 1. The molecule has 1 N–H and O–H groups in total. The predicted octanol–water partition coefficient (Wildman–Crippen LogP) is 1.64. The van der Waals surface area contributed by atoms with Crippen LogP contribution in [0, 0.1) is 0 Å². The molecule has 0 aromatic carbocycles. The maximum Gasteiger partial charge on any atom is 0.254 e. The fourth-order valence-electron chi connectivity index (χ4n) is 1.81. The first-order chi connectivity index (χ1) is 10.2. The van der Waals surface area contributed by atoms with Crippen LogP contribution >= 0.6 is 0 Å². The van der Waals surface area contributed by atoms with Crippen molar-refractivity contribution in [3.05, 3.63) is 23.9 Å². The number of rotatable bonds is 10. The second kappa shape index (κ2) is 10.1. The summed E-state index contributed by atoms with van der Waals surface area (Å²) in [6.45, 7) is 5.00. The fourth-order valence-corrected chi connectivity index (χ4v) is 1.81. The summed E-state index contributed by atoms with van der Waals surface area (Å²) in [6, 6.07) is 3.51. The zero-order valence-corrected chi connectivity index (χ0v) is 13.1. The van der Waals surface area contributed by atoms with Gasteiger partial charge in [0.25, 0.3) is 5.91 Å². The second-order valence-electron chi connectivity index (χ2n) is 4.63. The van der Waals surface area contributed by atoms with E-state index >= 15 is 0 Å². The number of carbonyl (C=O) groups excluding carboxylic acids is 1. The summed E-state index contributed by atoms with van der Waals surface area (Å²) in [5, 5.41) is 3.18. The summed E-state index contributed by atoms with van der Waals surface area (Å²) in [6.07, 6.45) is 2.66. The van der Waals surface area contributed by atoms with E-state index in [0.29, 0.717) is 31.9 Å². The zero-order valence-electron chi connectivity index (χ0n) is 13.1. The Morgan fingerprint density at radius 3 is 2.52 bits per heavy atom. The standard InChI is InChI=1S/C15H25N3O3/c1-4-6-16-14-12-13(5-7-17-14)15(19)18(8-10-20-2)9-11-21-3/h5,7,12H,4,6,8-11H2,1-3H3,(H,16,17). The van der Waals surface area contributed by atoms with E-state index in [2.05, 4.69) is 17.2 Å². The van der Waals surface area contributed by atoms with Gasteiger partial charge in [0.1, 0.15) is 5.82 Å². The molecule has 1 amide bonds. The topological polar surface area (TPSA) is 63.7 Å². The van der Waals surface area contributed by atoms with Crippen LogP contribution in [0.3, 0.4) is 0 Å². The van der Waals surface area contributed by atoms with Crippen LogP contribution in [0.15, 0.2) is 18.3 Å². The van der Waals surface area contributed by atoms with Gasteiger partial charge < -0.3 is 19.7 Å². The van der Waals surface area contributed by atoms with Gasteiger partial charge in [0.05, 0.1) is 13.2 Å². The molecule has 6 nitrogen and oxygen atoms in total. The van der Waals surface area contributed by atoms with Crippen LogP contribution in [0.4, 0.5) is 5.82 Å². The van der Waals surface area contributed by atoms with E-state index in [1.165, 1.54) is 0 Å². The molecule has 0 radical (unpaired) electrons. The average Bonchev–Trinajstić information content (AvgIpc) is 2.53. The van der Waals surface area contributed by atoms with Crippen molar-refractivity contribution in [2.24, 2.45) is 0 Å². The maximum atomic E-state index is 12.5. The number of hydrogen-bond donors (Lipinski definition) is 1. The van der Waals surface area contributed by atoms with E-state index in [1.54, 1.807) is 37.4 Å². The van der Waals surface area contributed by atoms with Crippen molar-refractivity contribution in [2.75, 3.05) is 52.4 Å². The van der Waals surface area contributed by atoms with E-state index in [0.717, 1.165) is 18.8 Å². The number of methoxy groups -OCH3 is 2. The quantitative estimate of drug-likeness (QED) is 0.711. The summed E-state index contributed by atoms with van der Waals surface area (Å²) in [5.41, 5.74) is 0.621. The van der Waals surface area contributed by atoms with Crippen molar-refractivity contribution in [1.29, 1.82) is 0 Å². The molecule has 1 rings (SSSR count). The molecule has 0 bridgehead atoms. The van der Waals surface area contributed by atoms with Gasteiger partial charge in [-0.3, -0.25) is 4.79 Å². The van der Waals surface area contributed by atoms with Crippen LogP contribution in [0.2, 0.25) is 0 Å². The highest BCUT2D eigenvalue weighted by Crippen LogP contribution is 2.10. The first-order valence-electron chi connectivity index (χ1n) is 7.20. The van der Waals surface area contributed by atoms with Crippen molar-refractivity contribution in [1.82, 2.24) is 9.88 Å². The van der Waals surface area contributed by atoms with E-state index in [-0.39, 0.29) is 5.91 Å². The monoisotopic (exact) mass is 295 g/mol. The lowest BCUT2D eigenvalue weighted by atomic mass is 10.2.